The van der Waals surface area contributed by atoms with Crippen LogP contribution in [0.25, 0.3) is 0 Å². The van der Waals surface area contributed by atoms with Gasteiger partial charge in [-0.1, -0.05) is 0 Å². The minimum absolute atomic E-state index is 0. The van der Waals surface area contributed by atoms with Crippen LogP contribution in [0.15, 0.2) is 0 Å². The van der Waals surface area contributed by atoms with Gasteiger partial charge in [-0.05, 0) is 0 Å². The summed E-state index contributed by atoms with van der Waals surface area (Å²) >= 11 is 0. The summed E-state index contributed by atoms with van der Waals surface area (Å²) in [6.45, 7) is 1.08. The molecule has 0 aromatic rings. The van der Waals surface area contributed by atoms with Crippen LogP contribution in [0, 0.1) is 0 Å². The van der Waals surface area contributed by atoms with Crippen molar-refractivity contribution in [2.45, 2.75) is 6.92 Å². The first-order chi connectivity index (χ1) is 3.73. The molecule has 0 aromatic carbocycles. The van der Waals surface area contributed by atoms with Crippen LogP contribution >= 0.6 is 0 Å². The van der Waals surface area contributed by atoms with Crippen molar-refractivity contribution in [2.75, 3.05) is 0 Å². The van der Waals surface area contributed by atoms with Crippen LogP contribution in [0.2, 0.25) is 0 Å². The van der Waals surface area contributed by atoms with E-state index in [1.165, 1.54) is 0 Å². The van der Waals surface area contributed by atoms with Gasteiger partial charge in [0.05, 0.1) is 0 Å². The first-order valence-corrected chi connectivity index (χ1v) is 3.02. The summed E-state index contributed by atoms with van der Waals surface area (Å²) in [6, 6.07) is 0. The summed E-state index contributed by atoms with van der Waals surface area (Å²) in [4.78, 5) is 9.00. The average Bonchev–Trinajstić information content (AvgIpc) is 1.19. The molecule has 0 spiro atoms. The molecule has 0 aliphatic rings. The van der Waals surface area contributed by atoms with E-state index < -0.39 is 16.4 Å². The number of hydrogen-bond donors (Lipinski definition) is 3. The van der Waals surface area contributed by atoms with Gasteiger partial charge in [0, 0.05) is 6.92 Å². The van der Waals surface area contributed by atoms with E-state index >= 15 is 0 Å². The third kappa shape index (κ3) is 1120. The number of carboxylic acid groups (broad SMARTS) is 1. The van der Waals surface area contributed by atoms with Gasteiger partial charge in [-0.2, -0.15) is 8.42 Å². The summed E-state index contributed by atoms with van der Waals surface area (Å²) in [5.41, 5.74) is 0. The first-order valence-electron chi connectivity index (χ1n) is 1.63. The Bertz CT molecular complexity index is 163. The Kier molecular flexibility index (Phi) is 22.4. The molecule has 0 bridgehead atoms. The second-order valence-electron chi connectivity index (χ2n) is 0.967. The van der Waals surface area contributed by atoms with E-state index in [9.17, 15) is 0 Å². The van der Waals surface area contributed by atoms with Crippen LogP contribution in [0.3, 0.4) is 0 Å². The van der Waals surface area contributed by atoms with Crippen LogP contribution < -0.4 is 0 Å². The van der Waals surface area contributed by atoms with Gasteiger partial charge >= 0.3 is 40.0 Å². The number of rotatable bonds is 0. The molecule has 0 heterocycles. The molecule has 0 aliphatic carbocycles. The number of aliphatic carboxylic acids is 1. The maximum atomic E-state index is 9.00. The number of carbonyl (C=O) groups is 1. The third-order valence-corrected chi connectivity index (χ3v) is 0. The molecule has 11 heavy (non-hydrogen) atoms. The fourth-order valence-corrected chi connectivity index (χ4v) is 0. The molecule has 0 fully saturated rings. The molecule has 9 heteroatoms. The molecular weight excluding hydrogens is 202 g/mol. The first kappa shape index (κ1) is 22.6. The molecule has 0 amide bonds. The Morgan fingerprint density at radius 1 is 1.27 bits per heavy atom. The van der Waals surface area contributed by atoms with E-state index in [1.54, 1.807) is 0 Å². The molecule has 3 N–H and O–H groups in total. The van der Waals surface area contributed by atoms with Crippen LogP contribution in [-0.4, -0.2) is 75.5 Å². The van der Waals surface area contributed by atoms with Gasteiger partial charge in [0.1, 0.15) is 0 Å². The number of hydrogen-bond acceptors (Lipinski definition) is 3. The predicted molar refractivity (Wildman–Crippen MR) is 44.6 cm³/mol. The normalized spacial score (nSPS) is 7.55. The van der Waals surface area contributed by atoms with E-state index in [0.717, 1.165) is 6.92 Å². The quantitative estimate of drug-likeness (QED) is 0.305. The minimum atomic E-state index is -4.67. The Morgan fingerprint density at radius 3 is 1.27 bits per heavy atom. The van der Waals surface area contributed by atoms with E-state index in [4.69, 9.17) is 27.4 Å². The Hall–Kier alpha value is 0.872. The molecule has 0 atom stereocenters. The summed E-state index contributed by atoms with van der Waals surface area (Å²) in [6.07, 6.45) is 0. The molecule has 0 radical (unpaired) electrons. The molecule has 6 nitrogen and oxygen atoms in total. The molecule has 0 unspecified atom stereocenters. The maximum absolute atomic E-state index is 9.00. The van der Waals surface area contributed by atoms with E-state index in [1.807, 2.05) is 0 Å². The van der Waals surface area contributed by atoms with Gasteiger partial charge in [-0.15, -0.1) is 0 Å². The fraction of sp³-hybridized carbons (Fsp3) is 0.500. The molecule has 0 saturated carbocycles. The van der Waals surface area contributed by atoms with Gasteiger partial charge in [0.15, 0.2) is 17.4 Å². The van der Waals surface area contributed by atoms with Gasteiger partial charge in [0.25, 0.3) is 5.97 Å². The molecule has 0 aromatic heterocycles. The Labute approximate surface area is 97.0 Å². The summed E-state index contributed by atoms with van der Waals surface area (Å²) < 4.78 is 31.6. The van der Waals surface area contributed by atoms with Crippen molar-refractivity contribution in [1.29, 1.82) is 0 Å². The number of carboxylic acids is 1. The van der Waals surface area contributed by atoms with Gasteiger partial charge < -0.3 is 5.11 Å². The second kappa shape index (κ2) is 10.9. The van der Waals surface area contributed by atoms with Crippen molar-refractivity contribution in [2.24, 2.45) is 0 Å². The fourth-order valence-electron chi connectivity index (χ4n) is 0. The van der Waals surface area contributed by atoms with Gasteiger partial charge in [-0.25, -0.2) is 0 Å². The average molecular weight is 212 g/mol. The van der Waals surface area contributed by atoms with Crippen LogP contribution in [0.1, 0.15) is 6.92 Å². The van der Waals surface area contributed by atoms with E-state index in [0.29, 0.717) is 0 Å². The summed E-state index contributed by atoms with van der Waals surface area (Å²) in [5.74, 6) is -0.833. The van der Waals surface area contributed by atoms with Gasteiger partial charge in [-0.3, -0.25) is 13.9 Å². The zero-order chi connectivity index (χ0) is 8.08. The molecule has 64 valence electrons. The Balaban J connectivity index is -0.0000000383. The molecule has 0 aliphatic heterocycles. The molecule has 0 rings (SSSR count). The van der Waals surface area contributed by atoms with E-state index in [2.05, 4.69) is 0 Å². The Morgan fingerprint density at radius 2 is 1.27 bits per heavy atom. The second-order valence-corrected chi connectivity index (χ2v) is 1.86. The van der Waals surface area contributed by atoms with Crippen LogP contribution in [0.4, 0.5) is 0 Å². The van der Waals surface area contributed by atoms with Crippen molar-refractivity contribution in [1.82, 2.24) is 0 Å². The van der Waals surface area contributed by atoms with E-state index in [-0.39, 0.29) is 46.9 Å². The SMILES string of the molecule is CC(=O)O.O=S(=O)(O)O.[AlH3].[NaH]. The van der Waals surface area contributed by atoms with Crippen molar-refractivity contribution >= 4 is 63.3 Å². The zero-order valence-corrected chi connectivity index (χ0v) is 5.29. The topological polar surface area (TPSA) is 112 Å². The van der Waals surface area contributed by atoms with Crippen molar-refractivity contribution in [3.63, 3.8) is 0 Å². The standard InChI is InChI=1S/C2H4O2.Al.Na.H2O4S.4H/c1-2(3)4;;;1-5(2,3)4;;;;/h1H3,(H,3,4);;;(H2,1,2,3,4);;;;. The predicted octanol–water partition coefficient (Wildman–Crippen LogP) is -2.39. The molecule has 0 saturated heterocycles. The monoisotopic (exact) mass is 212 g/mol. The van der Waals surface area contributed by atoms with Gasteiger partial charge in [0.2, 0.25) is 0 Å². The van der Waals surface area contributed by atoms with Crippen molar-refractivity contribution < 1.29 is 27.4 Å². The van der Waals surface area contributed by atoms with Crippen LogP contribution in [0.5, 0.6) is 0 Å². The zero-order valence-electron chi connectivity index (χ0n) is 4.47. The van der Waals surface area contributed by atoms with Crippen molar-refractivity contribution in [3.8, 4) is 0 Å². The summed E-state index contributed by atoms with van der Waals surface area (Å²) in [5, 5.41) is 7.42. The third-order valence-electron chi connectivity index (χ3n) is 0. The van der Waals surface area contributed by atoms with Crippen LogP contribution in [-0.2, 0) is 15.2 Å². The summed E-state index contributed by atoms with van der Waals surface area (Å²) in [7, 11) is -4.67. The molecular formula is C2H10AlNaO6S. The van der Waals surface area contributed by atoms with Crippen molar-refractivity contribution in [3.05, 3.63) is 0 Å².